The van der Waals surface area contributed by atoms with E-state index in [0.29, 0.717) is 5.56 Å². The summed E-state index contributed by atoms with van der Waals surface area (Å²) in [6, 6.07) is 1.81. The molecule has 2 aromatic rings. The van der Waals surface area contributed by atoms with Gasteiger partial charge in [0, 0.05) is 36.3 Å². The molecule has 0 aliphatic carbocycles. The second kappa shape index (κ2) is 5.17. The summed E-state index contributed by atoms with van der Waals surface area (Å²) >= 11 is 4.58. The Labute approximate surface area is 120 Å². The maximum atomic E-state index is 12.1. The zero-order chi connectivity index (χ0) is 14.2. The van der Waals surface area contributed by atoms with E-state index in [4.69, 9.17) is 0 Å². The van der Waals surface area contributed by atoms with Crippen LogP contribution < -0.4 is 0 Å². The average Bonchev–Trinajstić information content (AvgIpc) is 2.83. The van der Waals surface area contributed by atoms with Crippen molar-refractivity contribution in [2.45, 2.75) is 20.4 Å². The van der Waals surface area contributed by atoms with Gasteiger partial charge >= 0.3 is 5.95 Å². The van der Waals surface area contributed by atoms with Gasteiger partial charge in [-0.2, -0.15) is 4.68 Å². The summed E-state index contributed by atoms with van der Waals surface area (Å²) in [6.07, 6.45) is 0. The number of aryl methyl sites for hydroxylation is 2. The Morgan fingerprint density at radius 2 is 2.26 bits per heavy atom. The minimum Gasteiger partial charge on any atom is -0.390 e. The summed E-state index contributed by atoms with van der Waals surface area (Å²) in [5, 5.41) is 14.2. The molecular formula is C10H9BrN4O3S. The van der Waals surface area contributed by atoms with E-state index in [2.05, 4.69) is 26.0 Å². The molecule has 0 saturated heterocycles. The first-order chi connectivity index (χ1) is 8.88. The number of thiophene rings is 1. The molecule has 0 unspecified atom stereocenters. The van der Waals surface area contributed by atoms with Crippen molar-refractivity contribution >= 4 is 39.0 Å². The fraction of sp³-hybridized carbons (Fsp3) is 0.300. The third-order valence-electron chi connectivity index (χ3n) is 2.41. The Morgan fingerprint density at radius 3 is 2.74 bits per heavy atom. The number of carbonyl (C=O) groups excluding carboxylic acids is 1. The summed E-state index contributed by atoms with van der Waals surface area (Å²) in [5.74, 6) is -0.680. The minimum absolute atomic E-state index is 0.0849. The molecule has 0 aliphatic rings. The van der Waals surface area contributed by atoms with Gasteiger partial charge < -0.3 is 10.1 Å². The van der Waals surface area contributed by atoms with Gasteiger partial charge in [0.1, 0.15) is 6.54 Å². The summed E-state index contributed by atoms with van der Waals surface area (Å²) in [6.45, 7) is 3.70. The molecule has 7 nitrogen and oxygen atoms in total. The normalized spacial score (nSPS) is 10.7. The number of Topliss-reactive ketones (excluding diaryl/α,β-unsaturated/α-hetero) is 1. The second-order valence-corrected chi connectivity index (χ2v) is 6.02. The van der Waals surface area contributed by atoms with Crippen molar-refractivity contribution in [3.05, 3.63) is 36.2 Å². The van der Waals surface area contributed by atoms with Crippen LogP contribution in [-0.4, -0.2) is 25.5 Å². The third kappa shape index (κ3) is 2.87. The van der Waals surface area contributed by atoms with Crippen molar-refractivity contribution in [1.82, 2.24) is 14.8 Å². The summed E-state index contributed by atoms with van der Waals surface area (Å²) in [7, 11) is 0. The molecule has 0 spiro atoms. The molecule has 0 fully saturated rings. The van der Waals surface area contributed by atoms with E-state index in [1.165, 1.54) is 16.0 Å². The second-order valence-electron chi connectivity index (χ2n) is 3.85. The zero-order valence-corrected chi connectivity index (χ0v) is 12.5. The first kappa shape index (κ1) is 13.8. The zero-order valence-electron chi connectivity index (χ0n) is 10.1. The topological polar surface area (TPSA) is 90.9 Å². The van der Waals surface area contributed by atoms with E-state index in [1.807, 2.05) is 19.9 Å². The van der Waals surface area contributed by atoms with E-state index in [0.717, 1.165) is 9.75 Å². The molecule has 2 heterocycles. The lowest BCUT2D eigenvalue weighted by Gasteiger charge is -1.97. The van der Waals surface area contributed by atoms with Crippen LogP contribution in [0.2, 0.25) is 0 Å². The van der Waals surface area contributed by atoms with E-state index in [9.17, 15) is 14.9 Å². The molecule has 0 atom stereocenters. The standard InChI is InChI=1S/C10H9BrN4O3S/c1-5-3-7(6(2)19-5)8(16)4-14-9(11)12-10(13-14)15(17)18/h3H,4H2,1-2H3. The quantitative estimate of drug-likeness (QED) is 0.482. The van der Waals surface area contributed by atoms with Crippen molar-refractivity contribution in [3.63, 3.8) is 0 Å². The lowest BCUT2D eigenvalue weighted by Crippen LogP contribution is -2.12. The largest absolute Gasteiger partial charge is 0.492 e. The smallest absolute Gasteiger partial charge is 0.390 e. The number of rotatable bonds is 4. The SMILES string of the molecule is Cc1cc(C(=O)Cn2nc([N+](=O)[O-])nc2Br)c(C)s1. The van der Waals surface area contributed by atoms with Gasteiger partial charge in [0.2, 0.25) is 0 Å². The molecule has 0 amide bonds. The first-order valence-corrected chi connectivity index (χ1v) is 6.84. The number of ketones is 1. The molecule has 0 aromatic carbocycles. The van der Waals surface area contributed by atoms with E-state index < -0.39 is 10.9 Å². The number of halogens is 1. The molecule has 0 N–H and O–H groups in total. The fourth-order valence-corrected chi connectivity index (χ4v) is 2.92. The number of nitro groups is 1. The predicted octanol–water partition coefficient (Wildman–Crippen LogP) is 2.51. The van der Waals surface area contributed by atoms with E-state index in [-0.39, 0.29) is 17.1 Å². The molecule has 2 aromatic heterocycles. The molecule has 100 valence electrons. The maximum Gasteiger partial charge on any atom is 0.492 e. The summed E-state index contributed by atoms with van der Waals surface area (Å²) in [5.41, 5.74) is 0.618. The minimum atomic E-state index is -0.703. The lowest BCUT2D eigenvalue weighted by atomic mass is 10.1. The Kier molecular flexibility index (Phi) is 3.76. The van der Waals surface area contributed by atoms with Gasteiger partial charge in [-0.15, -0.1) is 11.3 Å². The van der Waals surface area contributed by atoms with Crippen LogP contribution in [-0.2, 0) is 6.54 Å². The Morgan fingerprint density at radius 1 is 1.58 bits per heavy atom. The highest BCUT2D eigenvalue weighted by molar-refractivity contribution is 9.10. The van der Waals surface area contributed by atoms with Crippen LogP contribution in [0.1, 0.15) is 20.1 Å². The van der Waals surface area contributed by atoms with Crippen LogP contribution >= 0.6 is 27.3 Å². The number of hydrogen-bond acceptors (Lipinski definition) is 6. The van der Waals surface area contributed by atoms with Crippen LogP contribution in [0.3, 0.4) is 0 Å². The molecule has 0 saturated carbocycles. The van der Waals surface area contributed by atoms with Crippen LogP contribution in [0.5, 0.6) is 0 Å². The van der Waals surface area contributed by atoms with Crippen LogP contribution in [0.25, 0.3) is 0 Å². The molecular weight excluding hydrogens is 336 g/mol. The van der Waals surface area contributed by atoms with Crippen molar-refractivity contribution in [2.75, 3.05) is 0 Å². The van der Waals surface area contributed by atoms with Crippen LogP contribution in [0, 0.1) is 24.0 Å². The van der Waals surface area contributed by atoms with Crippen molar-refractivity contribution in [2.24, 2.45) is 0 Å². The Bertz CT molecular complexity index is 664. The highest BCUT2D eigenvalue weighted by atomic mass is 79.9. The van der Waals surface area contributed by atoms with Gasteiger partial charge in [-0.05, 0) is 29.8 Å². The third-order valence-corrected chi connectivity index (χ3v) is 3.97. The van der Waals surface area contributed by atoms with Gasteiger partial charge in [0.15, 0.2) is 5.78 Å². The van der Waals surface area contributed by atoms with E-state index >= 15 is 0 Å². The Balaban J connectivity index is 2.24. The first-order valence-electron chi connectivity index (χ1n) is 5.23. The van der Waals surface area contributed by atoms with Crippen molar-refractivity contribution < 1.29 is 9.72 Å². The number of aromatic nitrogens is 3. The molecule has 9 heteroatoms. The van der Waals surface area contributed by atoms with Gasteiger partial charge in [0.25, 0.3) is 4.73 Å². The monoisotopic (exact) mass is 344 g/mol. The molecule has 0 radical (unpaired) electrons. The Hall–Kier alpha value is -1.61. The number of hydrogen-bond donors (Lipinski definition) is 0. The van der Waals surface area contributed by atoms with Crippen LogP contribution in [0.4, 0.5) is 5.95 Å². The van der Waals surface area contributed by atoms with Gasteiger partial charge in [-0.3, -0.25) is 4.79 Å². The molecule has 2 rings (SSSR count). The molecule has 0 bridgehead atoms. The fourth-order valence-electron chi connectivity index (χ4n) is 1.62. The molecule has 19 heavy (non-hydrogen) atoms. The number of nitrogens with zero attached hydrogens (tertiary/aromatic N) is 4. The van der Waals surface area contributed by atoms with E-state index in [1.54, 1.807) is 0 Å². The summed E-state index contributed by atoms with van der Waals surface area (Å²) in [4.78, 5) is 27.5. The van der Waals surface area contributed by atoms with Crippen molar-refractivity contribution in [1.29, 1.82) is 0 Å². The summed E-state index contributed by atoms with van der Waals surface area (Å²) < 4.78 is 1.34. The lowest BCUT2D eigenvalue weighted by molar-refractivity contribution is -0.394. The highest BCUT2D eigenvalue weighted by Gasteiger charge is 2.22. The van der Waals surface area contributed by atoms with Gasteiger partial charge in [-0.1, -0.05) is 0 Å². The van der Waals surface area contributed by atoms with Crippen LogP contribution in [0.15, 0.2) is 10.8 Å². The molecule has 0 aliphatic heterocycles. The van der Waals surface area contributed by atoms with Gasteiger partial charge in [-0.25, -0.2) is 0 Å². The maximum absolute atomic E-state index is 12.1. The number of carbonyl (C=O) groups is 1. The van der Waals surface area contributed by atoms with Crippen molar-refractivity contribution in [3.8, 4) is 0 Å². The highest BCUT2D eigenvalue weighted by Crippen LogP contribution is 2.22. The van der Waals surface area contributed by atoms with Gasteiger partial charge in [0.05, 0.1) is 0 Å². The average molecular weight is 345 g/mol. The predicted molar refractivity (Wildman–Crippen MR) is 72.5 cm³/mol.